The number of ether oxygens (including phenoxy) is 2. The van der Waals surface area contributed by atoms with E-state index in [0.717, 1.165) is 6.42 Å². The Hall–Kier alpha value is -1.68. The molecular weight excluding hydrogens is 278 g/mol. The Kier molecular flexibility index (Phi) is 4.55. The third kappa shape index (κ3) is 2.48. The third-order valence-electron chi connectivity index (χ3n) is 3.24. The summed E-state index contributed by atoms with van der Waals surface area (Å²) in [4.78, 5) is 12.5. The molecule has 1 unspecified atom stereocenters. The first-order chi connectivity index (χ1) is 9.63. The van der Waals surface area contributed by atoms with Crippen LogP contribution in [0.25, 0.3) is 5.57 Å². The number of nitrogens with one attached hydrogen (secondary N) is 1. The van der Waals surface area contributed by atoms with Crippen LogP contribution < -0.4 is 10.1 Å². The first kappa shape index (κ1) is 14.7. The summed E-state index contributed by atoms with van der Waals surface area (Å²) in [5, 5.41) is 3.41. The Balaban J connectivity index is 2.50. The third-order valence-corrected chi connectivity index (χ3v) is 3.54. The maximum Gasteiger partial charge on any atom is 0.209 e. The zero-order chi connectivity index (χ0) is 14.7. The number of rotatable bonds is 5. The second-order valence-electron chi connectivity index (χ2n) is 4.53. The van der Waals surface area contributed by atoms with Crippen LogP contribution in [0.4, 0.5) is 0 Å². The molecule has 1 atom stereocenters. The number of para-hydroxylation sites is 1. The number of benzene rings is 1. The Bertz CT molecular complexity index is 554. The van der Waals surface area contributed by atoms with Crippen molar-refractivity contribution in [3.63, 3.8) is 0 Å². The van der Waals surface area contributed by atoms with Gasteiger partial charge in [0.05, 0.1) is 17.7 Å². The molecule has 0 aliphatic carbocycles. The average molecular weight is 296 g/mol. The van der Waals surface area contributed by atoms with Crippen LogP contribution in [-0.2, 0) is 9.53 Å². The molecular formula is C15H18ClNO3. The van der Waals surface area contributed by atoms with Crippen LogP contribution in [0.2, 0.25) is 5.02 Å². The van der Waals surface area contributed by atoms with Crippen molar-refractivity contribution in [2.75, 3.05) is 14.2 Å². The van der Waals surface area contributed by atoms with Crippen LogP contribution >= 0.6 is 11.6 Å². The molecule has 0 fully saturated rings. The standard InChI is InChI=1S/C15H18ClNO3/c1-4-6-11-13(18)12(15(17-2)20-11)9-7-5-8-10(16)14(9)19-3/h5,7-8,11,17H,4,6H2,1-3H3. The molecule has 0 radical (unpaired) electrons. The normalized spacial score (nSPS) is 18.2. The fourth-order valence-electron chi connectivity index (χ4n) is 2.33. The summed E-state index contributed by atoms with van der Waals surface area (Å²) in [6.45, 7) is 2.02. The highest BCUT2D eigenvalue weighted by Crippen LogP contribution is 2.38. The molecule has 4 nitrogen and oxygen atoms in total. The summed E-state index contributed by atoms with van der Waals surface area (Å²) in [6, 6.07) is 5.33. The molecule has 0 amide bonds. The van der Waals surface area contributed by atoms with Gasteiger partial charge in [-0.1, -0.05) is 37.1 Å². The Morgan fingerprint density at radius 1 is 1.45 bits per heavy atom. The molecule has 1 aliphatic rings. The van der Waals surface area contributed by atoms with E-state index in [-0.39, 0.29) is 5.78 Å². The van der Waals surface area contributed by atoms with Crippen molar-refractivity contribution in [2.45, 2.75) is 25.9 Å². The van der Waals surface area contributed by atoms with Gasteiger partial charge in [-0.3, -0.25) is 4.79 Å². The molecule has 0 aromatic heterocycles. The second kappa shape index (κ2) is 6.18. The van der Waals surface area contributed by atoms with Crippen molar-refractivity contribution in [1.29, 1.82) is 0 Å². The van der Waals surface area contributed by atoms with Crippen molar-refractivity contribution < 1.29 is 14.3 Å². The van der Waals surface area contributed by atoms with Gasteiger partial charge in [-0.2, -0.15) is 0 Å². The van der Waals surface area contributed by atoms with Gasteiger partial charge >= 0.3 is 0 Å². The minimum absolute atomic E-state index is 0.0308. The van der Waals surface area contributed by atoms with Crippen molar-refractivity contribution in [3.8, 4) is 5.75 Å². The maximum absolute atomic E-state index is 12.5. The quantitative estimate of drug-likeness (QED) is 0.907. The van der Waals surface area contributed by atoms with Crippen LogP contribution in [0.15, 0.2) is 24.1 Å². The zero-order valence-electron chi connectivity index (χ0n) is 11.8. The van der Waals surface area contributed by atoms with E-state index in [1.165, 1.54) is 7.11 Å². The van der Waals surface area contributed by atoms with E-state index in [4.69, 9.17) is 21.1 Å². The van der Waals surface area contributed by atoms with Gasteiger partial charge in [-0.25, -0.2) is 0 Å². The molecule has 108 valence electrons. The summed E-state index contributed by atoms with van der Waals surface area (Å²) < 4.78 is 11.0. The highest BCUT2D eigenvalue weighted by atomic mass is 35.5. The number of methoxy groups -OCH3 is 1. The summed E-state index contributed by atoms with van der Waals surface area (Å²) in [5.41, 5.74) is 1.17. The minimum atomic E-state index is -0.430. The van der Waals surface area contributed by atoms with Crippen LogP contribution in [0.3, 0.4) is 0 Å². The lowest BCUT2D eigenvalue weighted by atomic mass is 9.98. The van der Waals surface area contributed by atoms with Crippen molar-refractivity contribution in [3.05, 3.63) is 34.7 Å². The first-order valence-electron chi connectivity index (χ1n) is 6.59. The van der Waals surface area contributed by atoms with Gasteiger partial charge in [0.2, 0.25) is 5.78 Å². The van der Waals surface area contributed by atoms with Crippen LogP contribution in [0, 0.1) is 0 Å². The SMILES string of the molecule is CCCC1OC(NC)=C(c2cccc(Cl)c2OC)C1=O. The molecule has 1 heterocycles. The van der Waals surface area contributed by atoms with E-state index >= 15 is 0 Å². The van der Waals surface area contributed by atoms with Crippen molar-refractivity contribution >= 4 is 23.0 Å². The highest BCUT2D eigenvalue weighted by molar-refractivity contribution is 6.33. The number of ketones is 1. The number of carbonyl (C=O) groups excluding carboxylic acids is 1. The molecule has 0 saturated carbocycles. The molecule has 1 N–H and O–H groups in total. The van der Waals surface area contributed by atoms with Gasteiger partial charge in [0.1, 0.15) is 5.75 Å². The van der Waals surface area contributed by atoms with E-state index in [0.29, 0.717) is 34.2 Å². The molecule has 2 rings (SSSR count). The summed E-state index contributed by atoms with van der Waals surface area (Å²) >= 11 is 6.12. The Morgan fingerprint density at radius 3 is 2.80 bits per heavy atom. The summed E-state index contributed by atoms with van der Waals surface area (Å²) in [7, 11) is 3.27. The van der Waals surface area contributed by atoms with Crippen molar-refractivity contribution in [2.24, 2.45) is 0 Å². The molecule has 20 heavy (non-hydrogen) atoms. The number of Topliss-reactive ketones (excluding diaryl/α,β-unsaturated/α-hetero) is 1. The van der Waals surface area contributed by atoms with Crippen LogP contribution in [-0.4, -0.2) is 26.0 Å². The smallest absolute Gasteiger partial charge is 0.209 e. The predicted molar refractivity (Wildman–Crippen MR) is 78.8 cm³/mol. The molecule has 1 aromatic carbocycles. The summed E-state index contributed by atoms with van der Waals surface area (Å²) in [6.07, 6.45) is 1.14. The number of hydrogen-bond donors (Lipinski definition) is 1. The van der Waals surface area contributed by atoms with Crippen LogP contribution in [0.1, 0.15) is 25.3 Å². The lowest BCUT2D eigenvalue weighted by Crippen LogP contribution is -2.18. The fraction of sp³-hybridized carbons (Fsp3) is 0.400. The fourth-order valence-corrected chi connectivity index (χ4v) is 2.58. The van der Waals surface area contributed by atoms with Gasteiger partial charge in [-0.05, 0) is 12.5 Å². The topological polar surface area (TPSA) is 47.6 Å². The second-order valence-corrected chi connectivity index (χ2v) is 4.94. The first-order valence-corrected chi connectivity index (χ1v) is 6.97. The van der Waals surface area contributed by atoms with Gasteiger partial charge in [0.15, 0.2) is 12.0 Å². The molecule has 1 aliphatic heterocycles. The number of carbonyl (C=O) groups is 1. The van der Waals surface area contributed by atoms with Gasteiger partial charge in [0, 0.05) is 12.6 Å². The summed E-state index contributed by atoms with van der Waals surface area (Å²) in [5.74, 6) is 0.941. The Labute approximate surface area is 123 Å². The van der Waals surface area contributed by atoms with E-state index < -0.39 is 6.10 Å². The zero-order valence-corrected chi connectivity index (χ0v) is 12.6. The molecule has 0 bridgehead atoms. The lowest BCUT2D eigenvalue weighted by Gasteiger charge is -2.10. The van der Waals surface area contributed by atoms with E-state index in [1.54, 1.807) is 19.2 Å². The van der Waals surface area contributed by atoms with Gasteiger partial charge in [0.25, 0.3) is 0 Å². The van der Waals surface area contributed by atoms with E-state index in [1.807, 2.05) is 13.0 Å². The van der Waals surface area contributed by atoms with E-state index in [9.17, 15) is 4.79 Å². The van der Waals surface area contributed by atoms with Gasteiger partial charge < -0.3 is 14.8 Å². The number of hydrogen-bond acceptors (Lipinski definition) is 4. The molecule has 1 aromatic rings. The lowest BCUT2D eigenvalue weighted by molar-refractivity contribution is -0.120. The monoisotopic (exact) mass is 295 g/mol. The van der Waals surface area contributed by atoms with Gasteiger partial charge in [-0.15, -0.1) is 0 Å². The largest absolute Gasteiger partial charge is 0.495 e. The Morgan fingerprint density at radius 2 is 2.20 bits per heavy atom. The van der Waals surface area contributed by atoms with Crippen molar-refractivity contribution in [1.82, 2.24) is 5.32 Å². The predicted octanol–water partition coefficient (Wildman–Crippen LogP) is 3.00. The minimum Gasteiger partial charge on any atom is -0.495 e. The maximum atomic E-state index is 12.5. The van der Waals surface area contributed by atoms with E-state index in [2.05, 4.69) is 5.32 Å². The highest BCUT2D eigenvalue weighted by Gasteiger charge is 2.36. The number of halogens is 1. The molecule has 0 saturated heterocycles. The molecule has 0 spiro atoms. The van der Waals surface area contributed by atoms with Crippen LogP contribution in [0.5, 0.6) is 5.75 Å². The average Bonchev–Trinajstić information content (AvgIpc) is 2.75. The molecule has 5 heteroatoms.